The Morgan fingerprint density at radius 1 is 1.19 bits per heavy atom. The number of fused-ring (bicyclic) bond motifs is 1. The molecule has 1 atom stereocenters. The SMILES string of the molecule is CC(C)c1cc(C(=O)N2CCC[C@H](c3cc4ccccc4cn3)C2)n(C)n1. The van der Waals surface area contributed by atoms with Gasteiger partial charge in [-0.2, -0.15) is 5.10 Å². The van der Waals surface area contributed by atoms with E-state index < -0.39 is 0 Å². The van der Waals surface area contributed by atoms with Gasteiger partial charge in [-0.15, -0.1) is 0 Å². The Morgan fingerprint density at radius 2 is 1.96 bits per heavy atom. The maximum Gasteiger partial charge on any atom is 0.272 e. The first kappa shape index (κ1) is 17.7. The summed E-state index contributed by atoms with van der Waals surface area (Å²) in [7, 11) is 1.85. The summed E-state index contributed by atoms with van der Waals surface area (Å²) in [5.41, 5.74) is 2.72. The van der Waals surface area contributed by atoms with Crippen molar-refractivity contribution in [1.29, 1.82) is 0 Å². The number of amides is 1. The third-order valence-corrected chi connectivity index (χ3v) is 5.49. The molecule has 1 aromatic carbocycles. The molecule has 4 rings (SSSR count). The molecule has 1 amide bonds. The van der Waals surface area contributed by atoms with E-state index in [9.17, 15) is 4.79 Å². The van der Waals surface area contributed by atoms with Crippen molar-refractivity contribution in [2.75, 3.05) is 13.1 Å². The summed E-state index contributed by atoms with van der Waals surface area (Å²) in [5, 5.41) is 6.86. The van der Waals surface area contributed by atoms with Gasteiger partial charge in [-0.1, -0.05) is 38.1 Å². The lowest BCUT2D eigenvalue weighted by molar-refractivity contribution is 0.0695. The fourth-order valence-electron chi connectivity index (χ4n) is 3.86. The third-order valence-electron chi connectivity index (χ3n) is 5.49. The summed E-state index contributed by atoms with van der Waals surface area (Å²) in [6.45, 7) is 5.70. The van der Waals surface area contributed by atoms with Crippen molar-refractivity contribution in [3.63, 3.8) is 0 Å². The van der Waals surface area contributed by atoms with Gasteiger partial charge in [0.15, 0.2) is 0 Å². The summed E-state index contributed by atoms with van der Waals surface area (Å²) in [5.74, 6) is 0.668. The fraction of sp³-hybridized carbons (Fsp3) is 0.409. The highest BCUT2D eigenvalue weighted by Gasteiger charge is 2.28. The van der Waals surface area contributed by atoms with Crippen molar-refractivity contribution in [3.8, 4) is 0 Å². The van der Waals surface area contributed by atoms with Crippen molar-refractivity contribution in [3.05, 3.63) is 59.7 Å². The van der Waals surface area contributed by atoms with Gasteiger partial charge in [0.05, 0.1) is 5.69 Å². The molecule has 0 radical (unpaired) electrons. The second kappa shape index (κ2) is 7.14. The average Bonchev–Trinajstić information content (AvgIpc) is 3.09. The Bertz CT molecular complexity index is 975. The lowest BCUT2D eigenvalue weighted by Crippen LogP contribution is -2.40. The van der Waals surface area contributed by atoms with Crippen LogP contribution in [0.2, 0.25) is 0 Å². The summed E-state index contributed by atoms with van der Waals surface area (Å²) >= 11 is 0. The molecule has 0 unspecified atom stereocenters. The van der Waals surface area contributed by atoms with Crippen molar-refractivity contribution < 1.29 is 4.79 Å². The van der Waals surface area contributed by atoms with E-state index in [0.717, 1.165) is 36.2 Å². The number of pyridine rings is 1. The molecule has 2 aromatic heterocycles. The van der Waals surface area contributed by atoms with E-state index in [-0.39, 0.29) is 11.8 Å². The number of aromatic nitrogens is 3. The molecule has 27 heavy (non-hydrogen) atoms. The predicted molar refractivity (Wildman–Crippen MR) is 107 cm³/mol. The molecule has 5 heteroatoms. The highest BCUT2D eigenvalue weighted by atomic mass is 16.2. The molecule has 1 aliphatic heterocycles. The smallest absolute Gasteiger partial charge is 0.272 e. The number of carbonyl (C=O) groups is 1. The lowest BCUT2D eigenvalue weighted by Gasteiger charge is -2.32. The number of benzene rings is 1. The number of hydrogen-bond donors (Lipinski definition) is 0. The molecule has 140 valence electrons. The van der Waals surface area contributed by atoms with Crippen LogP contribution in [0.1, 0.15) is 60.4 Å². The van der Waals surface area contributed by atoms with Crippen molar-refractivity contribution >= 4 is 16.7 Å². The first-order chi connectivity index (χ1) is 13.0. The standard InChI is InChI=1S/C22H26N4O/c1-15(2)19-12-21(25(3)24-19)22(27)26-10-6-9-18(14-26)20-11-16-7-4-5-8-17(16)13-23-20/h4-5,7-8,11-13,15,18H,6,9-10,14H2,1-3H3/t18-/m0/s1. The van der Waals surface area contributed by atoms with Crippen LogP contribution in [-0.2, 0) is 7.05 Å². The monoisotopic (exact) mass is 362 g/mol. The molecule has 3 heterocycles. The molecule has 0 spiro atoms. The van der Waals surface area contributed by atoms with Crippen LogP contribution in [0.5, 0.6) is 0 Å². The molecule has 0 saturated carbocycles. The van der Waals surface area contributed by atoms with Gasteiger partial charge in [-0.3, -0.25) is 14.5 Å². The van der Waals surface area contributed by atoms with Crippen LogP contribution < -0.4 is 0 Å². The zero-order valence-corrected chi connectivity index (χ0v) is 16.2. The molecule has 1 aliphatic rings. The lowest BCUT2D eigenvalue weighted by atomic mass is 9.93. The van der Waals surface area contributed by atoms with E-state index in [4.69, 9.17) is 0 Å². The maximum atomic E-state index is 13.1. The summed E-state index contributed by atoms with van der Waals surface area (Å²) in [4.78, 5) is 19.7. The Hall–Kier alpha value is -2.69. The number of likely N-dealkylation sites (tertiary alicyclic amines) is 1. The van der Waals surface area contributed by atoms with Crippen LogP contribution >= 0.6 is 0 Å². The van der Waals surface area contributed by atoms with Gasteiger partial charge >= 0.3 is 0 Å². The van der Waals surface area contributed by atoms with E-state index in [1.54, 1.807) is 4.68 Å². The van der Waals surface area contributed by atoms with E-state index >= 15 is 0 Å². The fourth-order valence-corrected chi connectivity index (χ4v) is 3.86. The van der Waals surface area contributed by atoms with Gasteiger partial charge in [-0.25, -0.2) is 0 Å². The minimum Gasteiger partial charge on any atom is -0.337 e. The van der Waals surface area contributed by atoms with E-state index in [1.165, 1.54) is 5.39 Å². The van der Waals surface area contributed by atoms with Crippen LogP contribution in [0, 0.1) is 0 Å². The van der Waals surface area contributed by atoms with Crippen LogP contribution in [0.4, 0.5) is 0 Å². The average molecular weight is 362 g/mol. The topological polar surface area (TPSA) is 51.0 Å². The third kappa shape index (κ3) is 3.46. The zero-order valence-electron chi connectivity index (χ0n) is 16.2. The van der Waals surface area contributed by atoms with Gasteiger partial charge in [0, 0.05) is 43.3 Å². The molecule has 5 nitrogen and oxygen atoms in total. The second-order valence-corrected chi connectivity index (χ2v) is 7.78. The molecular weight excluding hydrogens is 336 g/mol. The molecule has 1 fully saturated rings. The van der Waals surface area contributed by atoms with Gasteiger partial charge in [0.1, 0.15) is 5.69 Å². The highest BCUT2D eigenvalue weighted by molar-refractivity contribution is 5.93. The van der Waals surface area contributed by atoms with Gasteiger partial charge in [-0.05, 0) is 36.3 Å². The molecule has 3 aromatic rings. The number of hydrogen-bond acceptors (Lipinski definition) is 3. The molecule has 0 bridgehead atoms. The van der Waals surface area contributed by atoms with Gasteiger partial charge in [0.25, 0.3) is 5.91 Å². The van der Waals surface area contributed by atoms with E-state index in [0.29, 0.717) is 18.2 Å². The Morgan fingerprint density at radius 3 is 2.70 bits per heavy atom. The first-order valence-corrected chi connectivity index (χ1v) is 9.71. The maximum absolute atomic E-state index is 13.1. The van der Waals surface area contributed by atoms with Gasteiger partial charge in [0.2, 0.25) is 0 Å². The van der Waals surface area contributed by atoms with E-state index in [1.807, 2.05) is 30.3 Å². The highest BCUT2D eigenvalue weighted by Crippen LogP contribution is 2.28. The molecule has 0 aliphatic carbocycles. The van der Waals surface area contributed by atoms with Gasteiger partial charge < -0.3 is 4.90 Å². The second-order valence-electron chi connectivity index (χ2n) is 7.78. The number of carbonyl (C=O) groups excluding carboxylic acids is 1. The Labute approximate surface area is 160 Å². The molecular formula is C22H26N4O. The first-order valence-electron chi connectivity index (χ1n) is 9.71. The summed E-state index contributed by atoms with van der Waals surface area (Å²) in [6, 6.07) is 12.4. The summed E-state index contributed by atoms with van der Waals surface area (Å²) < 4.78 is 1.72. The minimum absolute atomic E-state index is 0.0717. The normalized spacial score (nSPS) is 17.6. The number of piperidine rings is 1. The quantitative estimate of drug-likeness (QED) is 0.704. The number of aryl methyl sites for hydroxylation is 1. The van der Waals surface area contributed by atoms with Crippen LogP contribution in [0.25, 0.3) is 10.8 Å². The Balaban J connectivity index is 1.56. The van der Waals surface area contributed by atoms with Crippen molar-refractivity contribution in [2.45, 2.75) is 38.5 Å². The number of nitrogens with zero attached hydrogens (tertiary/aromatic N) is 4. The minimum atomic E-state index is 0.0717. The summed E-state index contributed by atoms with van der Waals surface area (Å²) in [6.07, 6.45) is 4.01. The largest absolute Gasteiger partial charge is 0.337 e. The van der Waals surface area contributed by atoms with Crippen LogP contribution in [0.3, 0.4) is 0 Å². The number of rotatable bonds is 3. The molecule has 0 N–H and O–H groups in total. The zero-order chi connectivity index (χ0) is 19.0. The van der Waals surface area contributed by atoms with Crippen molar-refractivity contribution in [1.82, 2.24) is 19.7 Å². The van der Waals surface area contributed by atoms with Crippen LogP contribution in [-0.4, -0.2) is 38.7 Å². The van der Waals surface area contributed by atoms with Crippen LogP contribution in [0.15, 0.2) is 42.6 Å². The molecule has 1 saturated heterocycles. The predicted octanol–water partition coefficient (Wildman–Crippen LogP) is 4.11. The Kier molecular flexibility index (Phi) is 4.68. The van der Waals surface area contributed by atoms with E-state index in [2.05, 4.69) is 48.2 Å². The van der Waals surface area contributed by atoms with Crippen molar-refractivity contribution in [2.24, 2.45) is 7.05 Å².